The van der Waals surface area contributed by atoms with E-state index in [2.05, 4.69) is 10.6 Å². The zero-order valence-electron chi connectivity index (χ0n) is 16.2. The Balaban J connectivity index is 1.54. The predicted octanol–water partition coefficient (Wildman–Crippen LogP) is 4.47. The number of anilines is 1. The van der Waals surface area contributed by atoms with Crippen LogP contribution in [0.1, 0.15) is 32.5 Å². The Labute approximate surface area is 177 Å². The SMILES string of the molecule is CCOC(=O)Oc1ccc(C(=O)NCc2cccc(NC(=O)c3cccs3)c2)cc1. The monoisotopic (exact) mass is 424 g/mol. The van der Waals surface area contributed by atoms with Crippen LogP contribution in [0.5, 0.6) is 5.75 Å². The Morgan fingerprint density at radius 1 is 0.967 bits per heavy atom. The summed E-state index contributed by atoms with van der Waals surface area (Å²) in [5, 5.41) is 7.51. The number of ether oxygens (including phenoxy) is 2. The Morgan fingerprint density at radius 2 is 1.77 bits per heavy atom. The molecule has 0 aliphatic heterocycles. The van der Waals surface area contributed by atoms with Crippen LogP contribution in [0.3, 0.4) is 0 Å². The van der Waals surface area contributed by atoms with Crippen LogP contribution in [0.25, 0.3) is 0 Å². The number of carbonyl (C=O) groups is 3. The van der Waals surface area contributed by atoms with E-state index in [-0.39, 0.29) is 18.4 Å². The summed E-state index contributed by atoms with van der Waals surface area (Å²) in [6.45, 7) is 2.20. The van der Waals surface area contributed by atoms with Crippen LogP contribution in [0.2, 0.25) is 0 Å². The standard InChI is InChI=1S/C22H20N2O5S/c1-2-28-22(27)29-18-10-8-16(9-11-18)20(25)23-14-15-5-3-6-17(13-15)24-21(26)19-7-4-12-30-19/h3-13H,2,14H2,1H3,(H,23,25)(H,24,26). The van der Waals surface area contributed by atoms with Crippen molar-refractivity contribution < 1.29 is 23.9 Å². The van der Waals surface area contributed by atoms with Crippen LogP contribution < -0.4 is 15.4 Å². The number of carbonyl (C=O) groups excluding carboxylic acids is 3. The Kier molecular flexibility index (Phi) is 7.18. The zero-order valence-corrected chi connectivity index (χ0v) is 17.0. The average Bonchev–Trinajstić information content (AvgIpc) is 3.28. The topological polar surface area (TPSA) is 93.7 Å². The van der Waals surface area contributed by atoms with Gasteiger partial charge < -0.3 is 20.1 Å². The van der Waals surface area contributed by atoms with Crippen molar-refractivity contribution in [3.63, 3.8) is 0 Å². The first kappa shape index (κ1) is 21.1. The summed E-state index contributed by atoms with van der Waals surface area (Å²) < 4.78 is 9.66. The van der Waals surface area contributed by atoms with E-state index >= 15 is 0 Å². The molecule has 2 N–H and O–H groups in total. The van der Waals surface area contributed by atoms with E-state index in [1.807, 2.05) is 29.6 Å². The second-order valence-electron chi connectivity index (χ2n) is 6.12. The van der Waals surface area contributed by atoms with Crippen LogP contribution in [0, 0.1) is 0 Å². The summed E-state index contributed by atoms with van der Waals surface area (Å²) in [4.78, 5) is 36.5. The number of thiophene rings is 1. The van der Waals surface area contributed by atoms with E-state index in [0.717, 1.165) is 5.56 Å². The highest BCUT2D eigenvalue weighted by Gasteiger charge is 2.10. The van der Waals surface area contributed by atoms with Crippen molar-refractivity contribution >= 4 is 35.0 Å². The number of amides is 2. The minimum atomic E-state index is -0.791. The molecule has 8 heteroatoms. The third-order valence-corrected chi connectivity index (χ3v) is 4.83. The number of hydrogen-bond acceptors (Lipinski definition) is 6. The van der Waals surface area contributed by atoms with Gasteiger partial charge in [0.05, 0.1) is 11.5 Å². The van der Waals surface area contributed by atoms with Crippen molar-refractivity contribution in [1.82, 2.24) is 5.32 Å². The van der Waals surface area contributed by atoms with Crippen molar-refractivity contribution in [2.45, 2.75) is 13.5 Å². The molecule has 3 aromatic rings. The molecule has 0 atom stereocenters. The molecule has 0 radical (unpaired) electrons. The van der Waals surface area contributed by atoms with Gasteiger partial charge in [0.2, 0.25) is 0 Å². The maximum atomic E-state index is 12.4. The van der Waals surface area contributed by atoms with E-state index in [1.165, 1.54) is 23.5 Å². The number of rotatable bonds is 7. The Morgan fingerprint density at radius 3 is 2.47 bits per heavy atom. The summed E-state index contributed by atoms with van der Waals surface area (Å²) in [6, 6.07) is 17.0. The normalized spacial score (nSPS) is 10.2. The van der Waals surface area contributed by atoms with E-state index in [4.69, 9.17) is 9.47 Å². The number of nitrogens with one attached hydrogen (secondary N) is 2. The highest BCUT2D eigenvalue weighted by atomic mass is 32.1. The molecule has 0 unspecified atom stereocenters. The molecule has 0 aliphatic rings. The second-order valence-corrected chi connectivity index (χ2v) is 7.07. The third kappa shape index (κ3) is 5.92. The van der Waals surface area contributed by atoms with Crippen molar-refractivity contribution in [2.75, 3.05) is 11.9 Å². The zero-order chi connectivity index (χ0) is 21.3. The molecule has 1 heterocycles. The molecular formula is C22H20N2O5S. The lowest BCUT2D eigenvalue weighted by Crippen LogP contribution is -2.22. The Bertz CT molecular complexity index is 1020. The molecule has 2 aromatic carbocycles. The summed E-state index contributed by atoms with van der Waals surface area (Å²) in [6.07, 6.45) is -0.791. The van der Waals surface area contributed by atoms with Crippen molar-refractivity contribution in [1.29, 1.82) is 0 Å². The maximum Gasteiger partial charge on any atom is 0.513 e. The molecule has 30 heavy (non-hydrogen) atoms. The van der Waals surface area contributed by atoms with Crippen LogP contribution in [0.15, 0.2) is 66.0 Å². The highest BCUT2D eigenvalue weighted by molar-refractivity contribution is 7.12. The van der Waals surface area contributed by atoms with Gasteiger partial charge >= 0.3 is 6.16 Å². The fraction of sp³-hybridized carbons (Fsp3) is 0.136. The highest BCUT2D eigenvalue weighted by Crippen LogP contribution is 2.16. The van der Waals surface area contributed by atoms with Gasteiger partial charge in [0.25, 0.3) is 11.8 Å². The number of hydrogen-bond donors (Lipinski definition) is 2. The van der Waals surface area contributed by atoms with Gasteiger partial charge in [-0.1, -0.05) is 18.2 Å². The molecule has 3 rings (SSSR count). The largest absolute Gasteiger partial charge is 0.513 e. The van der Waals surface area contributed by atoms with E-state index < -0.39 is 6.16 Å². The molecule has 0 saturated heterocycles. The minimum absolute atomic E-state index is 0.170. The average molecular weight is 424 g/mol. The third-order valence-electron chi connectivity index (χ3n) is 3.96. The van der Waals surface area contributed by atoms with E-state index in [0.29, 0.717) is 28.4 Å². The first-order valence-corrected chi connectivity index (χ1v) is 10.1. The molecule has 0 spiro atoms. The van der Waals surface area contributed by atoms with Crippen molar-refractivity contribution in [3.05, 3.63) is 82.0 Å². The van der Waals surface area contributed by atoms with Gasteiger partial charge in [0.1, 0.15) is 5.75 Å². The summed E-state index contributed by atoms with van der Waals surface area (Å²) >= 11 is 1.37. The molecule has 0 bridgehead atoms. The molecular weight excluding hydrogens is 404 g/mol. The first-order valence-electron chi connectivity index (χ1n) is 9.22. The van der Waals surface area contributed by atoms with Gasteiger partial charge in [0.15, 0.2) is 0 Å². The molecule has 0 fully saturated rings. The molecule has 2 amide bonds. The molecule has 0 aliphatic carbocycles. The van der Waals surface area contributed by atoms with Gasteiger partial charge in [-0.3, -0.25) is 9.59 Å². The molecule has 1 aromatic heterocycles. The quantitative estimate of drug-likeness (QED) is 0.431. The molecule has 0 saturated carbocycles. The smallest absolute Gasteiger partial charge is 0.434 e. The fourth-order valence-electron chi connectivity index (χ4n) is 2.56. The van der Waals surface area contributed by atoms with Crippen LogP contribution >= 0.6 is 11.3 Å². The van der Waals surface area contributed by atoms with Gasteiger partial charge in [-0.2, -0.15) is 0 Å². The van der Waals surface area contributed by atoms with E-state index in [1.54, 1.807) is 31.2 Å². The maximum absolute atomic E-state index is 12.4. The van der Waals surface area contributed by atoms with Gasteiger partial charge in [-0.05, 0) is 60.3 Å². The molecule has 7 nitrogen and oxygen atoms in total. The fourth-order valence-corrected chi connectivity index (χ4v) is 3.18. The van der Waals surface area contributed by atoms with Gasteiger partial charge in [0, 0.05) is 17.8 Å². The first-order chi connectivity index (χ1) is 14.5. The molecule has 154 valence electrons. The number of benzene rings is 2. The van der Waals surface area contributed by atoms with Crippen LogP contribution in [-0.4, -0.2) is 24.6 Å². The van der Waals surface area contributed by atoms with Gasteiger partial charge in [-0.15, -0.1) is 11.3 Å². The minimum Gasteiger partial charge on any atom is -0.434 e. The predicted molar refractivity (Wildman–Crippen MR) is 114 cm³/mol. The summed E-state index contributed by atoms with van der Waals surface area (Å²) in [5.74, 6) is -0.152. The Hall–Kier alpha value is -3.65. The lowest BCUT2D eigenvalue weighted by atomic mass is 10.1. The lowest BCUT2D eigenvalue weighted by Gasteiger charge is -2.09. The summed E-state index contributed by atoms with van der Waals surface area (Å²) in [5.41, 5.74) is 1.92. The van der Waals surface area contributed by atoms with E-state index in [9.17, 15) is 14.4 Å². The van der Waals surface area contributed by atoms with Crippen molar-refractivity contribution in [2.24, 2.45) is 0 Å². The van der Waals surface area contributed by atoms with Crippen molar-refractivity contribution in [3.8, 4) is 5.75 Å². The van der Waals surface area contributed by atoms with Gasteiger partial charge in [-0.25, -0.2) is 4.79 Å². The van der Waals surface area contributed by atoms with Crippen LogP contribution in [-0.2, 0) is 11.3 Å². The summed E-state index contributed by atoms with van der Waals surface area (Å²) in [7, 11) is 0. The second kappa shape index (κ2) is 10.2. The lowest BCUT2D eigenvalue weighted by molar-refractivity contribution is 0.0950. The van der Waals surface area contributed by atoms with Crippen LogP contribution in [0.4, 0.5) is 10.5 Å².